The quantitative estimate of drug-likeness (QED) is 0.261. The highest BCUT2D eigenvalue weighted by Gasteiger charge is 2.59. The maximum Gasteiger partial charge on any atom is 0.344 e. The third-order valence-corrected chi connectivity index (χ3v) is 6.31. The molecule has 0 radical (unpaired) electrons. The largest absolute Gasteiger partial charge is 0.480 e. The number of amides is 2. The van der Waals surface area contributed by atoms with Crippen LogP contribution in [-0.4, -0.2) is 41.7 Å². The molecule has 9 heteroatoms. The number of carbonyl (C=O) groups excluding carboxylic acids is 3. The highest BCUT2D eigenvalue weighted by atomic mass is 79.9. The molecule has 158 valence electrons. The van der Waals surface area contributed by atoms with Crippen LogP contribution in [-0.2, 0) is 19.1 Å². The molecular formula is C21H20BrClN2O5. The maximum absolute atomic E-state index is 12.8. The van der Waals surface area contributed by atoms with E-state index in [0.717, 1.165) is 11.4 Å². The first-order valence-corrected chi connectivity index (χ1v) is 10.8. The van der Waals surface area contributed by atoms with Gasteiger partial charge in [0.1, 0.15) is 5.75 Å². The number of hydrogen-bond acceptors (Lipinski definition) is 6. The van der Waals surface area contributed by atoms with E-state index in [0.29, 0.717) is 20.8 Å². The van der Waals surface area contributed by atoms with Crippen molar-refractivity contribution in [2.75, 3.05) is 6.61 Å². The van der Waals surface area contributed by atoms with Crippen LogP contribution in [0.2, 0.25) is 5.02 Å². The van der Waals surface area contributed by atoms with Crippen LogP contribution in [0, 0.1) is 23.7 Å². The normalized spacial score (nSPS) is 26.9. The van der Waals surface area contributed by atoms with E-state index in [9.17, 15) is 14.4 Å². The Hall–Kier alpha value is -2.19. The highest BCUT2D eigenvalue weighted by Crippen LogP contribution is 2.52. The predicted octanol–water partition coefficient (Wildman–Crippen LogP) is 3.57. The smallest absolute Gasteiger partial charge is 0.344 e. The van der Waals surface area contributed by atoms with Gasteiger partial charge in [-0.3, -0.25) is 9.59 Å². The molecule has 1 aromatic rings. The lowest BCUT2D eigenvalue weighted by Crippen LogP contribution is -2.28. The van der Waals surface area contributed by atoms with Gasteiger partial charge in [-0.2, -0.15) is 10.1 Å². The first-order chi connectivity index (χ1) is 14.3. The summed E-state index contributed by atoms with van der Waals surface area (Å²) in [5.41, 5.74) is 0.422. The lowest BCUT2D eigenvalue weighted by atomic mass is 9.85. The molecule has 4 rings (SSSR count). The molecule has 0 aromatic heterocycles. The number of halogens is 2. The highest BCUT2D eigenvalue weighted by molar-refractivity contribution is 9.10. The molecule has 4 atom stereocenters. The van der Waals surface area contributed by atoms with E-state index >= 15 is 0 Å². The lowest BCUT2D eigenvalue weighted by molar-refractivity contribution is -0.149. The van der Waals surface area contributed by atoms with Crippen molar-refractivity contribution in [3.8, 4) is 5.75 Å². The molecule has 7 nitrogen and oxygen atoms in total. The van der Waals surface area contributed by atoms with Gasteiger partial charge in [-0.1, -0.05) is 23.8 Å². The van der Waals surface area contributed by atoms with Gasteiger partial charge in [0.2, 0.25) is 0 Å². The van der Waals surface area contributed by atoms with Crippen LogP contribution in [0.3, 0.4) is 0 Å². The Morgan fingerprint density at radius 1 is 1.27 bits per heavy atom. The van der Waals surface area contributed by atoms with E-state index in [1.165, 1.54) is 6.21 Å². The second-order valence-corrected chi connectivity index (χ2v) is 9.16. The van der Waals surface area contributed by atoms with Crippen LogP contribution >= 0.6 is 27.5 Å². The number of fused-ring (bicyclic) bond motifs is 5. The number of hydrazone groups is 1. The van der Waals surface area contributed by atoms with Crippen LogP contribution in [0.25, 0.3) is 0 Å². The third-order valence-electron chi connectivity index (χ3n) is 5.50. The molecule has 3 aliphatic rings. The maximum atomic E-state index is 12.8. The first kappa shape index (κ1) is 21.1. The molecule has 1 heterocycles. The molecule has 0 N–H and O–H groups in total. The minimum atomic E-state index is -0.518. The summed E-state index contributed by atoms with van der Waals surface area (Å²) in [5, 5.41) is 5.51. The predicted molar refractivity (Wildman–Crippen MR) is 113 cm³/mol. The average Bonchev–Trinajstić information content (AvgIpc) is 3.33. The van der Waals surface area contributed by atoms with Gasteiger partial charge in [-0.15, -0.1) is 0 Å². The van der Waals surface area contributed by atoms with Gasteiger partial charge in [0.25, 0.3) is 11.8 Å². The zero-order valence-corrected chi connectivity index (χ0v) is 18.7. The number of esters is 1. The number of hydrogen-bond donors (Lipinski definition) is 0. The number of benzene rings is 1. The fourth-order valence-corrected chi connectivity index (χ4v) is 5.33. The van der Waals surface area contributed by atoms with Crippen molar-refractivity contribution < 1.29 is 23.9 Å². The number of nitrogens with zero attached hydrogens (tertiary/aromatic N) is 2. The summed E-state index contributed by atoms with van der Waals surface area (Å²) in [6, 6.07) is 3.19. The Morgan fingerprint density at radius 2 is 1.90 bits per heavy atom. The summed E-state index contributed by atoms with van der Waals surface area (Å²) < 4.78 is 11.2. The fourth-order valence-electron chi connectivity index (χ4n) is 4.38. The third kappa shape index (κ3) is 3.78. The van der Waals surface area contributed by atoms with Crippen molar-refractivity contribution in [2.45, 2.75) is 26.4 Å². The Kier molecular flexibility index (Phi) is 5.72. The molecule has 2 fully saturated rings. The monoisotopic (exact) mass is 494 g/mol. The first-order valence-electron chi connectivity index (χ1n) is 9.67. The van der Waals surface area contributed by atoms with Crippen LogP contribution < -0.4 is 4.74 Å². The van der Waals surface area contributed by atoms with Crippen molar-refractivity contribution >= 4 is 51.5 Å². The van der Waals surface area contributed by atoms with Gasteiger partial charge in [0, 0.05) is 10.6 Å². The Labute approximate surface area is 187 Å². The van der Waals surface area contributed by atoms with Crippen LogP contribution in [0.5, 0.6) is 5.75 Å². The van der Waals surface area contributed by atoms with Crippen molar-refractivity contribution in [1.29, 1.82) is 0 Å². The molecule has 0 unspecified atom stereocenters. The Morgan fingerprint density at radius 3 is 2.50 bits per heavy atom. The van der Waals surface area contributed by atoms with Crippen LogP contribution in [0.15, 0.2) is 33.9 Å². The molecular weight excluding hydrogens is 476 g/mol. The zero-order chi connectivity index (χ0) is 21.6. The second kappa shape index (κ2) is 8.15. The Bertz CT molecular complexity index is 946. The molecule has 30 heavy (non-hydrogen) atoms. The van der Waals surface area contributed by atoms with Gasteiger partial charge < -0.3 is 9.47 Å². The number of carbonyl (C=O) groups is 3. The summed E-state index contributed by atoms with van der Waals surface area (Å²) in [4.78, 5) is 37.4. The van der Waals surface area contributed by atoms with E-state index in [4.69, 9.17) is 21.1 Å². The van der Waals surface area contributed by atoms with Crippen molar-refractivity contribution in [2.24, 2.45) is 28.8 Å². The molecule has 2 aliphatic carbocycles. The second-order valence-electron chi connectivity index (χ2n) is 7.87. The number of allylic oxidation sites excluding steroid dienone is 2. The fraction of sp³-hybridized carbons (Fsp3) is 0.429. The van der Waals surface area contributed by atoms with Gasteiger partial charge in [0.05, 0.1) is 28.6 Å². The van der Waals surface area contributed by atoms with Crippen molar-refractivity contribution in [1.82, 2.24) is 5.01 Å². The minimum absolute atomic E-state index is 0.114. The summed E-state index contributed by atoms with van der Waals surface area (Å²) in [7, 11) is 0. The molecule has 1 aromatic carbocycles. The van der Waals surface area contributed by atoms with Crippen molar-refractivity contribution in [3.05, 3.63) is 39.3 Å². The zero-order valence-electron chi connectivity index (χ0n) is 16.4. The van der Waals surface area contributed by atoms with E-state index in [1.807, 2.05) is 12.2 Å². The van der Waals surface area contributed by atoms with Crippen LogP contribution in [0.1, 0.15) is 25.8 Å². The number of rotatable bonds is 6. The molecule has 1 saturated carbocycles. The van der Waals surface area contributed by atoms with Gasteiger partial charge >= 0.3 is 5.97 Å². The summed E-state index contributed by atoms with van der Waals surface area (Å²) >= 11 is 9.50. The molecule has 0 spiro atoms. The van der Waals surface area contributed by atoms with Gasteiger partial charge in [0.15, 0.2) is 6.61 Å². The molecule has 1 saturated heterocycles. The number of imide groups is 1. The van der Waals surface area contributed by atoms with Crippen molar-refractivity contribution in [3.63, 3.8) is 0 Å². The topological polar surface area (TPSA) is 85.3 Å². The van der Waals surface area contributed by atoms with E-state index < -0.39 is 5.97 Å². The summed E-state index contributed by atoms with van der Waals surface area (Å²) in [6.45, 7) is 3.19. The van der Waals surface area contributed by atoms with Crippen LogP contribution in [0.4, 0.5) is 0 Å². The van der Waals surface area contributed by atoms with Gasteiger partial charge in [-0.25, -0.2) is 4.79 Å². The summed E-state index contributed by atoms with van der Waals surface area (Å²) in [6.07, 6.45) is 6.01. The summed E-state index contributed by atoms with van der Waals surface area (Å²) in [5.74, 6) is -1.18. The standard InChI is InChI=1S/C21H20BrClN2O5/c1-10(2)30-16(26)9-29-19-13(6-14(23)7-15(19)22)8-24-25-20(27)17-11-3-4-12(5-11)18(17)21(25)28/h3-4,6-8,10-12,17-18H,5,9H2,1-2H3/t11-,12-,17-,18+/m0/s1. The van der Waals surface area contributed by atoms with E-state index in [-0.39, 0.29) is 48.2 Å². The van der Waals surface area contributed by atoms with E-state index in [2.05, 4.69) is 21.0 Å². The minimum Gasteiger partial charge on any atom is -0.480 e. The molecule has 1 aliphatic heterocycles. The lowest BCUT2D eigenvalue weighted by Gasteiger charge is -2.14. The molecule has 2 bridgehead atoms. The Balaban J connectivity index is 1.54. The molecule has 2 amide bonds. The number of ether oxygens (including phenoxy) is 2. The van der Waals surface area contributed by atoms with Gasteiger partial charge in [-0.05, 0) is 60.2 Å². The van der Waals surface area contributed by atoms with E-state index in [1.54, 1.807) is 26.0 Å². The average molecular weight is 496 g/mol. The SMILES string of the molecule is CC(C)OC(=O)COc1c(Br)cc(Cl)cc1C=NN1C(=O)[C@@H]2[C@H](C1=O)[C@H]1C=C[C@H]2C1.